The summed E-state index contributed by atoms with van der Waals surface area (Å²) in [6.07, 6.45) is 1.49. The predicted octanol–water partition coefficient (Wildman–Crippen LogP) is 3.56. The first-order valence-corrected chi connectivity index (χ1v) is 7.56. The minimum Gasteiger partial charge on any atom is -0.273 e. The van der Waals surface area contributed by atoms with Crippen LogP contribution in [0.15, 0.2) is 41.5 Å². The third kappa shape index (κ3) is 4.63. The van der Waals surface area contributed by atoms with Gasteiger partial charge in [-0.1, -0.05) is 35.4 Å². The van der Waals surface area contributed by atoms with Crippen molar-refractivity contribution in [3.63, 3.8) is 0 Å². The fourth-order valence-electron chi connectivity index (χ4n) is 2.17. The van der Waals surface area contributed by atoms with Crippen LogP contribution in [0.5, 0.6) is 0 Å². The van der Waals surface area contributed by atoms with E-state index in [9.17, 15) is 14.9 Å². The van der Waals surface area contributed by atoms with Gasteiger partial charge in [0.05, 0.1) is 17.6 Å². The van der Waals surface area contributed by atoms with E-state index in [1.165, 1.54) is 24.4 Å². The summed E-state index contributed by atoms with van der Waals surface area (Å²) < 4.78 is 0. The maximum atomic E-state index is 11.9. The molecule has 0 aliphatic heterocycles. The Morgan fingerprint density at radius 2 is 2.04 bits per heavy atom. The Bertz CT molecular complexity index is 819. The molecule has 2 aromatic carbocycles. The van der Waals surface area contributed by atoms with Crippen molar-refractivity contribution in [2.45, 2.75) is 20.3 Å². The minimum absolute atomic E-state index is 0.0949. The molecule has 0 saturated carbocycles. The van der Waals surface area contributed by atoms with Crippen molar-refractivity contribution in [3.05, 3.63) is 73.8 Å². The Morgan fingerprint density at radius 1 is 1.29 bits per heavy atom. The van der Waals surface area contributed by atoms with Crippen LogP contribution in [0, 0.1) is 24.0 Å². The van der Waals surface area contributed by atoms with E-state index >= 15 is 0 Å². The summed E-state index contributed by atoms with van der Waals surface area (Å²) in [7, 11) is 0. The molecule has 0 heterocycles. The number of non-ortho nitro benzene ring substituents is 1. The molecular weight excluding hydrogens is 330 g/mol. The Morgan fingerprint density at radius 3 is 2.71 bits per heavy atom. The molecule has 0 aliphatic carbocycles. The summed E-state index contributed by atoms with van der Waals surface area (Å²) in [5.74, 6) is -0.278. The van der Waals surface area contributed by atoms with E-state index in [1.54, 1.807) is 0 Å². The van der Waals surface area contributed by atoms with Gasteiger partial charge < -0.3 is 0 Å². The van der Waals surface area contributed by atoms with Gasteiger partial charge in [-0.2, -0.15) is 5.10 Å². The third-order valence-corrected chi connectivity index (χ3v) is 3.78. The molecular formula is C17H16ClN3O3. The lowest BCUT2D eigenvalue weighted by atomic mass is 10.0. The monoisotopic (exact) mass is 345 g/mol. The van der Waals surface area contributed by atoms with Crippen LogP contribution in [0.25, 0.3) is 0 Å². The zero-order chi connectivity index (χ0) is 17.7. The van der Waals surface area contributed by atoms with Crippen LogP contribution >= 0.6 is 11.6 Å². The molecule has 0 atom stereocenters. The van der Waals surface area contributed by atoms with Crippen LogP contribution in [0.3, 0.4) is 0 Å². The first-order chi connectivity index (χ1) is 11.4. The standard InChI is InChI=1S/C17H16ClN3O3/c1-11-3-4-13(12(2)7-11)9-17(22)20-19-10-14-8-15(21(23)24)5-6-16(14)18/h3-8,10H,9H2,1-2H3,(H,20,22)/b19-10-. The second kappa shape index (κ2) is 7.70. The molecule has 0 radical (unpaired) electrons. The van der Waals surface area contributed by atoms with Crippen molar-refractivity contribution in [2.24, 2.45) is 5.10 Å². The van der Waals surface area contributed by atoms with Gasteiger partial charge >= 0.3 is 0 Å². The van der Waals surface area contributed by atoms with Crippen LogP contribution in [-0.2, 0) is 11.2 Å². The van der Waals surface area contributed by atoms with Gasteiger partial charge in [-0.25, -0.2) is 5.43 Å². The average molecular weight is 346 g/mol. The summed E-state index contributed by atoms with van der Waals surface area (Å²) in [5, 5.41) is 14.9. The maximum Gasteiger partial charge on any atom is 0.270 e. The summed E-state index contributed by atoms with van der Waals surface area (Å²) in [6.45, 7) is 3.94. The van der Waals surface area contributed by atoms with Gasteiger partial charge in [-0.05, 0) is 31.0 Å². The van der Waals surface area contributed by atoms with Gasteiger partial charge in [0.25, 0.3) is 5.69 Å². The van der Waals surface area contributed by atoms with Crippen molar-refractivity contribution in [2.75, 3.05) is 0 Å². The number of amides is 1. The number of hydrogen-bond acceptors (Lipinski definition) is 4. The van der Waals surface area contributed by atoms with Crippen molar-refractivity contribution >= 4 is 29.4 Å². The van der Waals surface area contributed by atoms with Crippen LogP contribution in [0.1, 0.15) is 22.3 Å². The predicted molar refractivity (Wildman–Crippen MR) is 93.5 cm³/mol. The molecule has 6 nitrogen and oxygen atoms in total. The SMILES string of the molecule is Cc1ccc(CC(=O)N/N=C\c2cc([N+](=O)[O-])ccc2Cl)c(C)c1. The van der Waals surface area contributed by atoms with E-state index in [0.29, 0.717) is 10.6 Å². The van der Waals surface area contributed by atoms with Gasteiger partial charge in [0.1, 0.15) is 0 Å². The molecule has 0 saturated heterocycles. The zero-order valence-corrected chi connectivity index (χ0v) is 14.0. The Balaban J connectivity index is 2.02. The lowest BCUT2D eigenvalue weighted by molar-refractivity contribution is -0.384. The molecule has 0 spiro atoms. The molecule has 2 rings (SSSR count). The number of carbonyl (C=O) groups is 1. The highest BCUT2D eigenvalue weighted by Gasteiger charge is 2.09. The molecule has 0 unspecified atom stereocenters. The first kappa shape index (κ1) is 17.6. The average Bonchev–Trinajstić information content (AvgIpc) is 2.51. The topological polar surface area (TPSA) is 84.6 Å². The summed E-state index contributed by atoms with van der Waals surface area (Å²) in [5.41, 5.74) is 5.75. The van der Waals surface area contributed by atoms with Crippen LogP contribution < -0.4 is 5.43 Å². The number of nitrogens with zero attached hydrogens (tertiary/aromatic N) is 2. The van der Waals surface area contributed by atoms with Gasteiger partial charge in [-0.3, -0.25) is 14.9 Å². The van der Waals surface area contributed by atoms with E-state index in [0.717, 1.165) is 16.7 Å². The first-order valence-electron chi connectivity index (χ1n) is 7.19. The van der Waals surface area contributed by atoms with Crippen molar-refractivity contribution in [1.29, 1.82) is 0 Å². The largest absolute Gasteiger partial charge is 0.273 e. The number of hydrogen-bond donors (Lipinski definition) is 1. The number of aryl methyl sites for hydroxylation is 2. The number of rotatable bonds is 5. The zero-order valence-electron chi connectivity index (χ0n) is 13.2. The number of benzene rings is 2. The highest BCUT2D eigenvalue weighted by atomic mass is 35.5. The van der Waals surface area contributed by atoms with E-state index in [1.807, 2.05) is 32.0 Å². The van der Waals surface area contributed by atoms with Gasteiger partial charge in [0.2, 0.25) is 5.91 Å². The van der Waals surface area contributed by atoms with Gasteiger partial charge in [0.15, 0.2) is 0 Å². The molecule has 0 aromatic heterocycles. The number of hydrazone groups is 1. The van der Waals surface area contributed by atoms with E-state index in [4.69, 9.17) is 11.6 Å². The van der Waals surface area contributed by atoms with E-state index < -0.39 is 4.92 Å². The molecule has 24 heavy (non-hydrogen) atoms. The number of nitro benzene ring substituents is 1. The van der Waals surface area contributed by atoms with Crippen LogP contribution in [-0.4, -0.2) is 17.0 Å². The number of nitro groups is 1. The van der Waals surface area contributed by atoms with Crippen LogP contribution in [0.4, 0.5) is 5.69 Å². The highest BCUT2D eigenvalue weighted by Crippen LogP contribution is 2.20. The van der Waals surface area contributed by atoms with Crippen molar-refractivity contribution < 1.29 is 9.72 Å². The normalized spacial score (nSPS) is 10.8. The van der Waals surface area contributed by atoms with Crippen LogP contribution in [0.2, 0.25) is 5.02 Å². The summed E-state index contributed by atoms with van der Waals surface area (Å²) in [4.78, 5) is 22.2. The molecule has 1 N–H and O–H groups in total. The van der Waals surface area contributed by atoms with E-state index in [-0.39, 0.29) is 18.0 Å². The molecule has 0 bridgehead atoms. The maximum absolute atomic E-state index is 11.9. The third-order valence-electron chi connectivity index (χ3n) is 3.43. The number of carbonyl (C=O) groups excluding carboxylic acids is 1. The summed E-state index contributed by atoms with van der Waals surface area (Å²) in [6, 6.07) is 9.88. The Kier molecular flexibility index (Phi) is 5.65. The van der Waals surface area contributed by atoms with Gasteiger partial charge in [-0.15, -0.1) is 0 Å². The Hall–Kier alpha value is -2.73. The second-order valence-corrected chi connectivity index (χ2v) is 5.77. The van der Waals surface area contributed by atoms with Crippen molar-refractivity contribution in [3.8, 4) is 0 Å². The van der Waals surface area contributed by atoms with Gasteiger partial charge in [0, 0.05) is 22.7 Å². The lowest BCUT2D eigenvalue weighted by Crippen LogP contribution is -2.20. The highest BCUT2D eigenvalue weighted by molar-refractivity contribution is 6.33. The van der Waals surface area contributed by atoms with E-state index in [2.05, 4.69) is 10.5 Å². The molecule has 7 heteroatoms. The Labute approximate surface area is 144 Å². The molecule has 0 fully saturated rings. The minimum atomic E-state index is -0.521. The fourth-order valence-corrected chi connectivity index (χ4v) is 2.34. The number of nitrogens with one attached hydrogen (secondary N) is 1. The van der Waals surface area contributed by atoms with Crippen molar-refractivity contribution in [1.82, 2.24) is 5.43 Å². The molecule has 2 aromatic rings. The lowest BCUT2D eigenvalue weighted by Gasteiger charge is -2.05. The molecule has 0 aliphatic rings. The quantitative estimate of drug-likeness (QED) is 0.511. The smallest absolute Gasteiger partial charge is 0.270 e. The second-order valence-electron chi connectivity index (χ2n) is 5.36. The fraction of sp³-hybridized carbons (Fsp3) is 0.176. The molecule has 1 amide bonds. The number of halogens is 1. The molecule has 124 valence electrons. The summed E-state index contributed by atoms with van der Waals surface area (Å²) >= 11 is 5.96.